The topological polar surface area (TPSA) is 0 Å². The molecule has 6 unspecified atom stereocenters. The lowest BCUT2D eigenvalue weighted by Crippen LogP contribution is -2.42. The van der Waals surface area contributed by atoms with Gasteiger partial charge in [-0.2, -0.15) is 0 Å². The molecule has 0 aliphatic heterocycles. The molecule has 0 aromatic heterocycles. The largest absolute Gasteiger partial charge is 0.0625 e. The van der Waals surface area contributed by atoms with Gasteiger partial charge in [0.15, 0.2) is 0 Å². The van der Waals surface area contributed by atoms with Crippen LogP contribution in [-0.2, 0) is 0 Å². The maximum absolute atomic E-state index is 2.49. The first-order valence-electron chi connectivity index (χ1n) is 7.00. The van der Waals surface area contributed by atoms with E-state index >= 15 is 0 Å². The van der Waals surface area contributed by atoms with Gasteiger partial charge >= 0.3 is 0 Å². The molecule has 0 amide bonds. The lowest BCUT2D eigenvalue weighted by Gasteiger charge is -2.50. The van der Waals surface area contributed by atoms with Crippen LogP contribution in [0.1, 0.15) is 53.9 Å². The third kappa shape index (κ3) is 1.97. The third-order valence-electron chi connectivity index (χ3n) is 5.77. The molecule has 0 nitrogen and oxygen atoms in total. The van der Waals surface area contributed by atoms with Gasteiger partial charge in [0.1, 0.15) is 0 Å². The normalized spacial score (nSPS) is 50.0. The zero-order valence-corrected chi connectivity index (χ0v) is 11.2. The Morgan fingerprint density at radius 3 is 1.93 bits per heavy atom. The van der Waals surface area contributed by atoms with Crippen LogP contribution in [0.3, 0.4) is 0 Å². The molecular formula is C15H28. The van der Waals surface area contributed by atoms with Crippen LogP contribution >= 0.6 is 0 Å². The number of hydrogen-bond donors (Lipinski definition) is 0. The average Bonchev–Trinajstić information content (AvgIpc) is 2.19. The van der Waals surface area contributed by atoms with Gasteiger partial charge in [0, 0.05) is 0 Å². The van der Waals surface area contributed by atoms with Crippen LogP contribution < -0.4 is 0 Å². The summed E-state index contributed by atoms with van der Waals surface area (Å²) >= 11 is 0. The maximum atomic E-state index is 2.49. The van der Waals surface area contributed by atoms with Crippen LogP contribution in [0.4, 0.5) is 0 Å². The van der Waals surface area contributed by atoms with E-state index in [1.54, 1.807) is 0 Å². The molecule has 0 radical (unpaired) electrons. The average molecular weight is 208 g/mol. The molecule has 2 rings (SSSR count). The Morgan fingerprint density at radius 1 is 0.933 bits per heavy atom. The summed E-state index contributed by atoms with van der Waals surface area (Å²) in [7, 11) is 0. The minimum Gasteiger partial charge on any atom is -0.0625 e. The smallest absolute Gasteiger partial charge is 0.0360 e. The zero-order valence-electron chi connectivity index (χ0n) is 11.2. The standard InChI is InChI=1S/C15H28/c1-9(2)15-8-14(12(15)5)7-13-6-10(3)11(13)4/h9-15H,6-8H2,1-5H3. The molecule has 0 N–H and O–H groups in total. The van der Waals surface area contributed by atoms with E-state index in [0.717, 1.165) is 41.4 Å². The molecule has 0 saturated heterocycles. The molecule has 0 aromatic carbocycles. The van der Waals surface area contributed by atoms with Gasteiger partial charge in [-0.3, -0.25) is 0 Å². The first-order valence-corrected chi connectivity index (χ1v) is 7.00. The van der Waals surface area contributed by atoms with Gasteiger partial charge < -0.3 is 0 Å². The Balaban J connectivity index is 1.75. The van der Waals surface area contributed by atoms with Crippen LogP contribution in [0, 0.1) is 41.4 Å². The summed E-state index contributed by atoms with van der Waals surface area (Å²) in [6, 6.07) is 0. The third-order valence-corrected chi connectivity index (χ3v) is 5.77. The number of rotatable bonds is 3. The number of hydrogen-bond acceptors (Lipinski definition) is 0. The van der Waals surface area contributed by atoms with Crippen molar-refractivity contribution in [1.82, 2.24) is 0 Å². The van der Waals surface area contributed by atoms with Crippen molar-refractivity contribution in [3.63, 3.8) is 0 Å². The van der Waals surface area contributed by atoms with Gasteiger partial charge in [-0.05, 0) is 60.7 Å². The van der Waals surface area contributed by atoms with Gasteiger partial charge in [0.2, 0.25) is 0 Å². The van der Waals surface area contributed by atoms with E-state index in [2.05, 4.69) is 34.6 Å². The molecule has 0 heterocycles. The summed E-state index contributed by atoms with van der Waals surface area (Å²) in [6.45, 7) is 12.2. The lowest BCUT2D eigenvalue weighted by molar-refractivity contribution is -0.00874. The highest BCUT2D eigenvalue weighted by Crippen LogP contribution is 2.52. The van der Waals surface area contributed by atoms with Crippen molar-refractivity contribution in [2.75, 3.05) is 0 Å². The Kier molecular flexibility index (Phi) is 3.14. The second-order valence-electron chi connectivity index (χ2n) is 6.83. The Hall–Kier alpha value is 0. The molecule has 88 valence electrons. The van der Waals surface area contributed by atoms with Crippen molar-refractivity contribution in [2.45, 2.75) is 53.9 Å². The van der Waals surface area contributed by atoms with Gasteiger partial charge in [0.05, 0.1) is 0 Å². The van der Waals surface area contributed by atoms with Crippen LogP contribution in [0.25, 0.3) is 0 Å². The van der Waals surface area contributed by atoms with Crippen molar-refractivity contribution < 1.29 is 0 Å². The highest BCUT2D eigenvalue weighted by molar-refractivity contribution is 4.93. The molecule has 15 heavy (non-hydrogen) atoms. The molecule has 6 atom stereocenters. The van der Waals surface area contributed by atoms with Gasteiger partial charge in [0.25, 0.3) is 0 Å². The predicted molar refractivity (Wildman–Crippen MR) is 66.7 cm³/mol. The van der Waals surface area contributed by atoms with Crippen molar-refractivity contribution in [2.24, 2.45) is 41.4 Å². The van der Waals surface area contributed by atoms with E-state index in [0.29, 0.717) is 0 Å². The molecule has 2 aliphatic carbocycles. The molecule has 0 aromatic rings. The second-order valence-corrected chi connectivity index (χ2v) is 6.83. The zero-order chi connectivity index (χ0) is 11.2. The molecular weight excluding hydrogens is 180 g/mol. The molecule has 0 bridgehead atoms. The fourth-order valence-corrected chi connectivity index (χ4v) is 4.00. The van der Waals surface area contributed by atoms with E-state index in [9.17, 15) is 0 Å². The van der Waals surface area contributed by atoms with E-state index in [1.165, 1.54) is 19.3 Å². The van der Waals surface area contributed by atoms with Crippen molar-refractivity contribution >= 4 is 0 Å². The van der Waals surface area contributed by atoms with Gasteiger partial charge in [-0.15, -0.1) is 0 Å². The van der Waals surface area contributed by atoms with E-state index in [-0.39, 0.29) is 0 Å². The van der Waals surface area contributed by atoms with E-state index < -0.39 is 0 Å². The minimum absolute atomic E-state index is 0.911. The summed E-state index contributed by atoms with van der Waals surface area (Å²) in [4.78, 5) is 0. The highest BCUT2D eigenvalue weighted by atomic mass is 14.5. The van der Waals surface area contributed by atoms with Crippen molar-refractivity contribution in [1.29, 1.82) is 0 Å². The van der Waals surface area contributed by atoms with Crippen molar-refractivity contribution in [3.05, 3.63) is 0 Å². The van der Waals surface area contributed by atoms with E-state index in [4.69, 9.17) is 0 Å². The second kappa shape index (κ2) is 4.11. The van der Waals surface area contributed by atoms with Crippen molar-refractivity contribution in [3.8, 4) is 0 Å². The summed E-state index contributed by atoms with van der Waals surface area (Å²) < 4.78 is 0. The molecule has 0 spiro atoms. The maximum Gasteiger partial charge on any atom is -0.0360 e. The summed E-state index contributed by atoms with van der Waals surface area (Å²) in [5, 5.41) is 0. The Morgan fingerprint density at radius 2 is 1.53 bits per heavy atom. The summed E-state index contributed by atoms with van der Waals surface area (Å²) in [6.07, 6.45) is 4.57. The highest BCUT2D eigenvalue weighted by Gasteiger charge is 2.43. The van der Waals surface area contributed by atoms with Crippen LogP contribution in [0.5, 0.6) is 0 Å². The van der Waals surface area contributed by atoms with Crippen LogP contribution in [-0.4, -0.2) is 0 Å². The van der Waals surface area contributed by atoms with Crippen LogP contribution in [0.15, 0.2) is 0 Å². The molecule has 2 aliphatic rings. The monoisotopic (exact) mass is 208 g/mol. The summed E-state index contributed by atoms with van der Waals surface area (Å²) in [5.74, 6) is 7.10. The Labute approximate surface area is 95.8 Å². The minimum atomic E-state index is 0.911. The molecule has 0 heteroatoms. The van der Waals surface area contributed by atoms with Gasteiger partial charge in [-0.1, -0.05) is 34.6 Å². The van der Waals surface area contributed by atoms with E-state index in [1.807, 2.05) is 0 Å². The fraction of sp³-hybridized carbons (Fsp3) is 1.00. The predicted octanol–water partition coefficient (Wildman–Crippen LogP) is 4.60. The summed E-state index contributed by atoms with van der Waals surface area (Å²) in [5.41, 5.74) is 0. The molecule has 2 saturated carbocycles. The molecule has 2 fully saturated rings. The first-order chi connectivity index (χ1) is 7.00. The first kappa shape index (κ1) is 11.5. The quantitative estimate of drug-likeness (QED) is 0.636. The Bertz CT molecular complexity index is 218. The fourth-order valence-electron chi connectivity index (χ4n) is 4.00. The van der Waals surface area contributed by atoms with Gasteiger partial charge in [-0.25, -0.2) is 0 Å². The van der Waals surface area contributed by atoms with Crippen LogP contribution in [0.2, 0.25) is 0 Å². The SMILES string of the molecule is CC(C)C1CC(CC2CC(C)C2C)C1C. The lowest BCUT2D eigenvalue weighted by atomic mass is 9.55.